The number of aromatic amines is 1. The number of aromatic hydroxyl groups is 1. The van der Waals surface area contributed by atoms with Gasteiger partial charge in [0.15, 0.2) is 10.6 Å². The fourth-order valence-corrected chi connectivity index (χ4v) is 3.38. The summed E-state index contributed by atoms with van der Waals surface area (Å²) in [4.78, 5) is 10.7. The molecule has 0 saturated carbocycles. The van der Waals surface area contributed by atoms with Crippen molar-refractivity contribution in [2.24, 2.45) is 5.18 Å². The van der Waals surface area contributed by atoms with E-state index in [-0.39, 0.29) is 11.4 Å². The summed E-state index contributed by atoms with van der Waals surface area (Å²) in [5.41, 5.74) is 2.55. The van der Waals surface area contributed by atoms with Crippen LogP contribution in [-0.2, 0) is 6.54 Å². The van der Waals surface area contributed by atoms with Crippen LogP contribution in [0.4, 0.5) is 5.69 Å². The van der Waals surface area contributed by atoms with Crippen molar-refractivity contribution >= 4 is 28.8 Å². The highest BCUT2D eigenvalue weighted by atomic mass is 32.1. The second kappa shape index (κ2) is 6.23. The third-order valence-electron chi connectivity index (χ3n) is 4.37. The number of hydrogen-bond donors (Lipinski definition) is 2. The molecule has 0 radical (unpaired) electrons. The van der Waals surface area contributed by atoms with Gasteiger partial charge in [-0.25, -0.2) is 0 Å². The molecule has 2 N–H and O–H groups in total. The third-order valence-corrected chi connectivity index (χ3v) is 4.65. The van der Waals surface area contributed by atoms with Crippen LogP contribution in [0.1, 0.15) is 6.92 Å². The summed E-state index contributed by atoms with van der Waals surface area (Å²) in [5.74, 6) is 0.373. The first-order valence-corrected chi connectivity index (χ1v) is 8.47. The van der Waals surface area contributed by atoms with Crippen molar-refractivity contribution < 1.29 is 5.11 Å². The number of H-pyrrole nitrogens is 1. The number of phenols is 1. The van der Waals surface area contributed by atoms with Crippen molar-refractivity contribution in [1.82, 2.24) is 19.3 Å². The lowest BCUT2D eigenvalue weighted by Crippen LogP contribution is -1.99. The standard InChI is InChI=1S/C18H15N5O2S/c1-2-22-9-8-12-14(22)4-3-5-15(12)23-17(19-20-18(23)26)13-7-6-11(21-25)10-16(13)24/h3-10,24H,2H2,1H3,(H,20,26). The molecule has 0 saturated heterocycles. The van der Waals surface area contributed by atoms with Crippen LogP contribution >= 0.6 is 12.2 Å². The zero-order chi connectivity index (χ0) is 18.3. The number of aryl methyl sites for hydroxylation is 1. The number of benzene rings is 2. The molecular weight excluding hydrogens is 350 g/mol. The van der Waals surface area contributed by atoms with E-state index < -0.39 is 0 Å². The quantitative estimate of drug-likeness (QED) is 0.406. The summed E-state index contributed by atoms with van der Waals surface area (Å²) in [6, 6.07) is 12.4. The molecular formula is C18H15N5O2S. The van der Waals surface area contributed by atoms with E-state index in [0.29, 0.717) is 16.2 Å². The molecule has 130 valence electrons. The lowest BCUT2D eigenvalue weighted by molar-refractivity contribution is 0.477. The average molecular weight is 365 g/mol. The summed E-state index contributed by atoms with van der Waals surface area (Å²) in [6.07, 6.45) is 2.03. The van der Waals surface area contributed by atoms with Crippen molar-refractivity contribution in [1.29, 1.82) is 0 Å². The molecule has 2 aromatic heterocycles. The maximum atomic E-state index is 10.7. The van der Waals surface area contributed by atoms with Gasteiger partial charge in [0.25, 0.3) is 0 Å². The van der Waals surface area contributed by atoms with E-state index in [2.05, 4.69) is 26.9 Å². The molecule has 0 atom stereocenters. The number of hydrogen-bond acceptors (Lipinski definition) is 5. The SMILES string of the molecule is CCn1ccc2c(-n3c(-c4ccc(N=O)cc4O)n[nH]c3=S)cccc21. The number of nitrogens with one attached hydrogen (secondary N) is 1. The van der Waals surface area contributed by atoms with Crippen LogP contribution < -0.4 is 0 Å². The van der Waals surface area contributed by atoms with Crippen LogP contribution in [0.25, 0.3) is 28.0 Å². The molecule has 7 nitrogen and oxygen atoms in total. The van der Waals surface area contributed by atoms with Gasteiger partial charge in [-0.15, -0.1) is 4.91 Å². The molecule has 0 amide bonds. The highest BCUT2D eigenvalue weighted by Gasteiger charge is 2.17. The van der Waals surface area contributed by atoms with Gasteiger partial charge in [-0.2, -0.15) is 5.10 Å². The highest BCUT2D eigenvalue weighted by molar-refractivity contribution is 7.71. The first kappa shape index (κ1) is 16.2. The molecule has 0 unspecified atom stereocenters. The van der Waals surface area contributed by atoms with Crippen molar-refractivity contribution in [3.8, 4) is 22.8 Å². The number of fused-ring (bicyclic) bond motifs is 1. The molecule has 4 rings (SSSR count). The summed E-state index contributed by atoms with van der Waals surface area (Å²) in [5, 5.41) is 21.2. The summed E-state index contributed by atoms with van der Waals surface area (Å²) in [6.45, 7) is 2.94. The Bertz CT molecular complexity index is 1190. The first-order valence-electron chi connectivity index (χ1n) is 8.06. The second-order valence-corrected chi connectivity index (χ2v) is 6.18. The molecule has 26 heavy (non-hydrogen) atoms. The van der Waals surface area contributed by atoms with Crippen LogP contribution in [0.2, 0.25) is 0 Å². The third kappa shape index (κ3) is 2.42. The Balaban J connectivity index is 1.98. The fraction of sp³-hybridized carbons (Fsp3) is 0.111. The number of rotatable bonds is 4. The van der Waals surface area contributed by atoms with Crippen LogP contribution in [0.15, 0.2) is 53.8 Å². The van der Waals surface area contributed by atoms with Crippen molar-refractivity contribution in [2.75, 3.05) is 0 Å². The molecule has 0 aliphatic heterocycles. The van der Waals surface area contributed by atoms with E-state index in [1.165, 1.54) is 12.1 Å². The van der Waals surface area contributed by atoms with Crippen LogP contribution in [-0.4, -0.2) is 24.4 Å². The zero-order valence-electron chi connectivity index (χ0n) is 13.9. The van der Waals surface area contributed by atoms with E-state index in [4.69, 9.17) is 12.2 Å². The highest BCUT2D eigenvalue weighted by Crippen LogP contribution is 2.34. The van der Waals surface area contributed by atoms with Crippen LogP contribution in [0.3, 0.4) is 0 Å². The van der Waals surface area contributed by atoms with Crippen molar-refractivity contribution in [2.45, 2.75) is 13.5 Å². The second-order valence-electron chi connectivity index (χ2n) is 5.79. The molecule has 2 heterocycles. The Hall–Kier alpha value is -3.26. The molecule has 0 aliphatic carbocycles. The minimum atomic E-state index is -0.0874. The maximum Gasteiger partial charge on any atom is 0.200 e. The van der Waals surface area contributed by atoms with E-state index in [9.17, 15) is 10.0 Å². The van der Waals surface area contributed by atoms with Crippen molar-refractivity contribution in [3.63, 3.8) is 0 Å². The van der Waals surface area contributed by atoms with Crippen LogP contribution in [0, 0.1) is 9.68 Å². The molecule has 2 aromatic carbocycles. The normalized spacial score (nSPS) is 11.1. The molecule has 8 heteroatoms. The van der Waals surface area contributed by atoms with Gasteiger partial charge in [-0.3, -0.25) is 9.67 Å². The first-order chi connectivity index (χ1) is 12.6. The maximum absolute atomic E-state index is 10.7. The average Bonchev–Trinajstić information content (AvgIpc) is 3.24. The van der Waals surface area contributed by atoms with Crippen molar-refractivity contribution in [3.05, 3.63) is 58.3 Å². The van der Waals surface area contributed by atoms with Gasteiger partial charge < -0.3 is 9.67 Å². The van der Waals surface area contributed by atoms with E-state index in [1.54, 1.807) is 10.6 Å². The summed E-state index contributed by atoms with van der Waals surface area (Å²) < 4.78 is 4.33. The van der Waals surface area contributed by atoms with Gasteiger partial charge in [0.05, 0.1) is 16.8 Å². The Morgan fingerprint density at radius 2 is 2.12 bits per heavy atom. The number of aromatic nitrogens is 4. The lowest BCUT2D eigenvalue weighted by Gasteiger charge is -2.10. The van der Waals surface area contributed by atoms with Gasteiger partial charge >= 0.3 is 0 Å². The Morgan fingerprint density at radius 1 is 1.27 bits per heavy atom. The monoisotopic (exact) mass is 365 g/mol. The fourth-order valence-electron chi connectivity index (χ4n) is 3.14. The van der Waals surface area contributed by atoms with Gasteiger partial charge in [0, 0.05) is 24.2 Å². The van der Waals surface area contributed by atoms with Crippen LogP contribution in [0.5, 0.6) is 5.75 Å². The van der Waals surface area contributed by atoms with E-state index in [1.807, 2.05) is 30.5 Å². The van der Waals surface area contributed by atoms with Gasteiger partial charge in [-0.05, 0) is 54.7 Å². The Morgan fingerprint density at radius 3 is 2.85 bits per heavy atom. The number of phenolic OH excluding ortho intramolecular Hbond substituents is 1. The lowest BCUT2D eigenvalue weighted by atomic mass is 10.1. The van der Waals surface area contributed by atoms with Gasteiger partial charge in [0.1, 0.15) is 11.4 Å². The number of nitrogens with zero attached hydrogens (tertiary/aromatic N) is 4. The summed E-state index contributed by atoms with van der Waals surface area (Å²) >= 11 is 5.43. The van der Waals surface area contributed by atoms with Gasteiger partial charge in [0.2, 0.25) is 0 Å². The smallest absolute Gasteiger partial charge is 0.200 e. The molecule has 4 aromatic rings. The topological polar surface area (TPSA) is 88.2 Å². The molecule has 0 spiro atoms. The molecule has 0 aliphatic rings. The summed E-state index contributed by atoms with van der Waals surface area (Å²) in [7, 11) is 0. The zero-order valence-corrected chi connectivity index (χ0v) is 14.7. The Kier molecular flexibility index (Phi) is 3.89. The predicted octanol–water partition coefficient (Wildman–Crippen LogP) is 4.67. The molecule has 0 bridgehead atoms. The number of nitroso groups, excluding NO2 is 1. The molecule has 0 fully saturated rings. The largest absolute Gasteiger partial charge is 0.507 e. The predicted molar refractivity (Wildman–Crippen MR) is 102 cm³/mol. The minimum Gasteiger partial charge on any atom is -0.507 e. The van der Waals surface area contributed by atoms with E-state index in [0.717, 1.165) is 23.1 Å². The van der Waals surface area contributed by atoms with E-state index >= 15 is 0 Å². The minimum absolute atomic E-state index is 0.0874. The van der Waals surface area contributed by atoms with Gasteiger partial charge in [-0.1, -0.05) is 6.07 Å². The Labute approximate surface area is 153 Å².